The zero-order valence-electron chi connectivity index (χ0n) is 15.7. The van der Waals surface area contributed by atoms with Crippen LogP contribution in [-0.4, -0.2) is 56.1 Å². The molecule has 1 aromatic carbocycles. The molecule has 11 heteroatoms. The molecule has 0 unspecified atom stereocenters. The second-order valence-corrected chi connectivity index (χ2v) is 8.93. The summed E-state index contributed by atoms with van der Waals surface area (Å²) in [6.45, 7) is 5.48. The second kappa shape index (κ2) is 8.80. The van der Waals surface area contributed by atoms with Crippen LogP contribution >= 0.6 is 0 Å². The molecule has 0 aromatic heterocycles. The molecule has 1 aromatic rings. The molecule has 0 bridgehead atoms. The normalized spacial score (nSPS) is 15.4. The van der Waals surface area contributed by atoms with Crippen molar-refractivity contribution in [2.24, 2.45) is 5.92 Å². The highest BCUT2D eigenvalue weighted by Gasteiger charge is 2.31. The first-order chi connectivity index (χ1) is 13.0. The maximum absolute atomic E-state index is 12.7. The molecule has 0 radical (unpaired) electrons. The van der Waals surface area contributed by atoms with Gasteiger partial charge in [-0.3, -0.25) is 14.9 Å². The van der Waals surface area contributed by atoms with Crippen LogP contribution in [0.3, 0.4) is 0 Å². The number of alkyl halides is 2. The summed E-state index contributed by atoms with van der Waals surface area (Å²) in [5.41, 5.74) is -0.409. The highest BCUT2D eigenvalue weighted by Crippen LogP contribution is 2.33. The van der Waals surface area contributed by atoms with Gasteiger partial charge in [0.25, 0.3) is 5.69 Å². The lowest BCUT2D eigenvalue weighted by molar-refractivity contribution is -0.384. The van der Waals surface area contributed by atoms with Crippen LogP contribution in [-0.2, 0) is 14.6 Å². The van der Waals surface area contributed by atoms with Gasteiger partial charge in [0.1, 0.15) is 5.69 Å². The number of hydrogen-bond donors (Lipinski definition) is 0. The van der Waals surface area contributed by atoms with Gasteiger partial charge < -0.3 is 9.80 Å². The van der Waals surface area contributed by atoms with Crippen LogP contribution in [0.4, 0.5) is 20.2 Å². The summed E-state index contributed by atoms with van der Waals surface area (Å²) in [6.07, 6.45) is 1.22. The van der Waals surface area contributed by atoms with E-state index in [1.807, 2.05) is 13.8 Å². The number of nitro groups is 1. The molecule has 1 fully saturated rings. The minimum atomic E-state index is -4.92. The van der Waals surface area contributed by atoms with E-state index in [1.165, 1.54) is 6.07 Å². The summed E-state index contributed by atoms with van der Waals surface area (Å²) in [5.74, 6) is -3.21. The van der Waals surface area contributed by atoms with Gasteiger partial charge in [0.2, 0.25) is 15.7 Å². The maximum atomic E-state index is 12.7. The van der Waals surface area contributed by atoms with Crippen LogP contribution in [0.25, 0.3) is 0 Å². The summed E-state index contributed by atoms with van der Waals surface area (Å²) in [7, 11) is -4.92. The average molecular weight is 419 g/mol. The third-order valence-electron chi connectivity index (χ3n) is 4.62. The van der Waals surface area contributed by atoms with E-state index in [9.17, 15) is 32.1 Å². The summed E-state index contributed by atoms with van der Waals surface area (Å²) < 4.78 is 48.6. The molecule has 1 aliphatic heterocycles. The van der Waals surface area contributed by atoms with Crippen molar-refractivity contribution in [2.45, 2.75) is 37.3 Å². The third kappa shape index (κ3) is 4.94. The quantitative estimate of drug-likeness (QED) is 0.498. The topological polar surface area (TPSA) is 101 Å². The third-order valence-corrected chi connectivity index (χ3v) is 6.00. The molecule has 1 aliphatic rings. The number of carbonyl (C=O) groups is 1. The Hall–Kier alpha value is -2.30. The van der Waals surface area contributed by atoms with E-state index in [4.69, 9.17) is 0 Å². The summed E-state index contributed by atoms with van der Waals surface area (Å²) in [6, 6.07) is 2.78. The highest BCUT2D eigenvalue weighted by atomic mass is 32.2. The number of anilines is 1. The van der Waals surface area contributed by atoms with Crippen molar-refractivity contribution in [1.82, 2.24) is 4.90 Å². The minimum Gasteiger partial charge on any atom is -0.362 e. The Morgan fingerprint density at radius 3 is 2.32 bits per heavy atom. The molecule has 0 saturated carbocycles. The molecule has 0 N–H and O–H groups in total. The first kappa shape index (κ1) is 22.0. The SMILES string of the molecule is CC(C)CCC(=O)N1CCN(c2ccc(S(=O)(=O)C(F)F)cc2[N+](=O)[O-])CC1. The number of nitro benzene ring substituents is 1. The zero-order valence-corrected chi connectivity index (χ0v) is 16.5. The summed E-state index contributed by atoms with van der Waals surface area (Å²) >= 11 is 0. The first-order valence-corrected chi connectivity index (χ1v) is 10.4. The largest absolute Gasteiger partial charge is 0.362 e. The Bertz CT molecular complexity index is 837. The molecule has 0 spiro atoms. The van der Waals surface area contributed by atoms with E-state index < -0.39 is 31.1 Å². The van der Waals surface area contributed by atoms with Crippen molar-refractivity contribution in [2.75, 3.05) is 31.1 Å². The molecule has 1 amide bonds. The Morgan fingerprint density at radius 1 is 1.21 bits per heavy atom. The number of rotatable bonds is 7. The van der Waals surface area contributed by atoms with Crippen LogP contribution in [0, 0.1) is 16.0 Å². The number of halogens is 2. The number of carbonyl (C=O) groups excluding carboxylic acids is 1. The van der Waals surface area contributed by atoms with Crippen LogP contribution in [0.1, 0.15) is 26.7 Å². The predicted molar refractivity (Wildman–Crippen MR) is 99.2 cm³/mol. The fraction of sp³-hybridized carbons (Fsp3) is 0.588. The minimum absolute atomic E-state index is 0.0289. The molecule has 0 atom stereocenters. The van der Waals surface area contributed by atoms with Gasteiger partial charge in [0.05, 0.1) is 9.82 Å². The lowest BCUT2D eigenvalue weighted by Gasteiger charge is -2.36. The number of hydrogen-bond acceptors (Lipinski definition) is 6. The van der Waals surface area contributed by atoms with Gasteiger partial charge in [-0.25, -0.2) is 8.42 Å². The summed E-state index contributed by atoms with van der Waals surface area (Å²) in [4.78, 5) is 25.3. The zero-order chi connectivity index (χ0) is 21.1. The molecule has 1 saturated heterocycles. The monoisotopic (exact) mass is 419 g/mol. The van der Waals surface area contributed by atoms with E-state index in [1.54, 1.807) is 9.80 Å². The van der Waals surface area contributed by atoms with Gasteiger partial charge >= 0.3 is 5.76 Å². The first-order valence-electron chi connectivity index (χ1n) is 8.87. The number of sulfone groups is 1. The second-order valence-electron chi connectivity index (χ2n) is 7.01. The van der Waals surface area contributed by atoms with Gasteiger partial charge in [0.15, 0.2) is 0 Å². The van der Waals surface area contributed by atoms with Gasteiger partial charge in [-0.2, -0.15) is 8.78 Å². The highest BCUT2D eigenvalue weighted by molar-refractivity contribution is 7.91. The smallest absolute Gasteiger partial charge is 0.341 e. The van der Waals surface area contributed by atoms with Crippen molar-refractivity contribution in [1.29, 1.82) is 0 Å². The van der Waals surface area contributed by atoms with Gasteiger partial charge in [-0.05, 0) is 24.5 Å². The van der Waals surface area contributed by atoms with E-state index in [0.29, 0.717) is 44.6 Å². The van der Waals surface area contributed by atoms with E-state index in [2.05, 4.69) is 0 Å². The Labute approximate surface area is 162 Å². The van der Waals surface area contributed by atoms with Crippen molar-refractivity contribution < 1.29 is 26.9 Å². The fourth-order valence-corrected chi connectivity index (χ4v) is 3.70. The lowest BCUT2D eigenvalue weighted by Crippen LogP contribution is -2.49. The molecule has 2 rings (SSSR count). The van der Waals surface area contributed by atoms with Crippen LogP contribution < -0.4 is 4.90 Å². The van der Waals surface area contributed by atoms with Crippen LogP contribution in [0.2, 0.25) is 0 Å². The van der Waals surface area contributed by atoms with E-state index >= 15 is 0 Å². The molecular weight excluding hydrogens is 396 g/mol. The van der Waals surface area contributed by atoms with E-state index in [0.717, 1.165) is 12.5 Å². The van der Waals surface area contributed by atoms with Crippen molar-refractivity contribution >= 4 is 27.1 Å². The molecule has 8 nitrogen and oxygen atoms in total. The van der Waals surface area contributed by atoms with Gasteiger partial charge in [0, 0.05) is 38.7 Å². The fourth-order valence-electron chi connectivity index (χ4n) is 2.96. The molecule has 28 heavy (non-hydrogen) atoms. The van der Waals surface area contributed by atoms with Crippen LogP contribution in [0.5, 0.6) is 0 Å². The number of benzene rings is 1. The number of nitrogens with zero attached hydrogens (tertiary/aromatic N) is 3. The van der Waals surface area contributed by atoms with Crippen molar-refractivity contribution in [3.8, 4) is 0 Å². The number of amides is 1. The van der Waals surface area contributed by atoms with Gasteiger partial charge in [-0.15, -0.1) is 0 Å². The molecule has 1 heterocycles. The Morgan fingerprint density at radius 2 is 1.82 bits per heavy atom. The standard InChI is InChI=1S/C17H23F2N3O5S/c1-12(2)3-6-16(23)21-9-7-20(8-10-21)14-5-4-13(11-15(14)22(24)25)28(26,27)17(18)19/h4-5,11-12,17H,3,6-10H2,1-2H3. The maximum Gasteiger partial charge on any atom is 0.341 e. The molecular formula is C17H23F2N3O5S. The Kier molecular flexibility index (Phi) is 6.91. The average Bonchev–Trinajstić information content (AvgIpc) is 2.65. The van der Waals surface area contributed by atoms with Crippen molar-refractivity contribution in [3.63, 3.8) is 0 Å². The lowest BCUT2D eigenvalue weighted by atomic mass is 10.1. The molecule has 0 aliphatic carbocycles. The summed E-state index contributed by atoms with van der Waals surface area (Å²) in [5, 5.41) is 11.4. The number of piperazine rings is 1. The van der Waals surface area contributed by atoms with Crippen LogP contribution in [0.15, 0.2) is 23.1 Å². The van der Waals surface area contributed by atoms with Gasteiger partial charge in [-0.1, -0.05) is 13.8 Å². The molecule has 156 valence electrons. The van der Waals surface area contributed by atoms with E-state index in [-0.39, 0.29) is 11.6 Å². The Balaban J connectivity index is 2.16. The predicted octanol–water partition coefficient (Wildman–Crippen LogP) is 2.68. The van der Waals surface area contributed by atoms with Crippen molar-refractivity contribution in [3.05, 3.63) is 28.3 Å².